The second kappa shape index (κ2) is 10.1. The van der Waals surface area contributed by atoms with Gasteiger partial charge in [-0.3, -0.25) is 0 Å². The van der Waals surface area contributed by atoms with Crippen LogP contribution in [0.4, 0.5) is 0 Å². The largest absolute Gasteiger partial charge is 0.496 e. The Bertz CT molecular complexity index is 1690. The lowest BCUT2D eigenvalue weighted by atomic mass is 10.2. The van der Waals surface area contributed by atoms with E-state index >= 15 is 0 Å². The lowest BCUT2D eigenvalue weighted by molar-refractivity contribution is 0.296. The van der Waals surface area contributed by atoms with Crippen molar-refractivity contribution >= 4 is 27.3 Å². The number of hydrogen-bond donors (Lipinski definition) is 0. The summed E-state index contributed by atoms with van der Waals surface area (Å²) in [5.74, 6) is 2.70. The summed E-state index contributed by atoms with van der Waals surface area (Å²) in [4.78, 5) is 5.34. The minimum absolute atomic E-state index is 0.356. The molecule has 3 aromatic carbocycles. The number of ether oxygens (including phenoxy) is 4. The van der Waals surface area contributed by atoms with Crippen LogP contribution >= 0.6 is 11.3 Å². The molecule has 0 radical (unpaired) electrons. The molecule has 0 fully saturated rings. The van der Waals surface area contributed by atoms with Gasteiger partial charge in [-0.2, -0.15) is 0 Å². The molecule has 0 amide bonds. The molecular weight excluding hydrogens is 502 g/mol. The van der Waals surface area contributed by atoms with Gasteiger partial charge in [-0.05, 0) is 47.6 Å². The van der Waals surface area contributed by atoms with E-state index in [1.54, 1.807) is 18.7 Å². The second-order valence-corrected chi connectivity index (χ2v) is 9.70. The molecule has 192 valence electrons. The molecule has 38 heavy (non-hydrogen) atoms. The molecule has 0 bridgehead atoms. The molecule has 0 aliphatic heterocycles. The summed E-state index contributed by atoms with van der Waals surface area (Å²) in [5.41, 5.74) is 4.66. The molecule has 0 aliphatic carbocycles. The van der Waals surface area contributed by atoms with Gasteiger partial charge in [0.25, 0.3) is 5.19 Å². The fourth-order valence-electron chi connectivity index (χ4n) is 4.07. The molecule has 6 rings (SSSR count). The van der Waals surface area contributed by atoms with Crippen molar-refractivity contribution in [3.63, 3.8) is 0 Å². The zero-order valence-corrected chi connectivity index (χ0v) is 22.0. The van der Waals surface area contributed by atoms with Crippen LogP contribution in [0.1, 0.15) is 16.7 Å². The molecular formula is C29H25N3O5S. The van der Waals surface area contributed by atoms with Crippen molar-refractivity contribution in [1.82, 2.24) is 14.6 Å². The van der Waals surface area contributed by atoms with E-state index in [0.717, 1.165) is 27.2 Å². The number of aromatic nitrogens is 3. The van der Waals surface area contributed by atoms with Gasteiger partial charge in [0.2, 0.25) is 4.96 Å². The zero-order chi connectivity index (χ0) is 26.1. The first-order valence-electron chi connectivity index (χ1n) is 12.0. The van der Waals surface area contributed by atoms with E-state index in [0.29, 0.717) is 46.9 Å². The van der Waals surface area contributed by atoms with Gasteiger partial charge >= 0.3 is 0 Å². The fraction of sp³-hybridized carbons (Fsp3) is 0.172. The van der Waals surface area contributed by atoms with E-state index in [1.807, 2.05) is 48.7 Å². The highest BCUT2D eigenvalue weighted by Gasteiger charge is 2.17. The molecule has 0 saturated heterocycles. The van der Waals surface area contributed by atoms with Gasteiger partial charge in [0.05, 0.1) is 25.8 Å². The van der Waals surface area contributed by atoms with Crippen LogP contribution in [-0.4, -0.2) is 28.8 Å². The van der Waals surface area contributed by atoms with Gasteiger partial charge in [0.1, 0.15) is 41.7 Å². The van der Waals surface area contributed by atoms with E-state index in [4.69, 9.17) is 23.4 Å². The number of furan rings is 1. The predicted molar refractivity (Wildman–Crippen MR) is 145 cm³/mol. The molecule has 0 spiro atoms. The predicted octanol–water partition coefficient (Wildman–Crippen LogP) is 6.69. The average Bonchev–Trinajstić information content (AvgIpc) is 3.64. The summed E-state index contributed by atoms with van der Waals surface area (Å²) in [6.07, 6.45) is 1.81. The summed E-state index contributed by atoms with van der Waals surface area (Å²) < 4.78 is 30.7. The third kappa shape index (κ3) is 4.88. The maximum atomic E-state index is 6.25. The van der Waals surface area contributed by atoms with Crippen molar-refractivity contribution in [3.05, 3.63) is 89.6 Å². The molecule has 9 heteroatoms. The van der Waals surface area contributed by atoms with Crippen LogP contribution in [-0.2, 0) is 13.2 Å². The first-order valence-corrected chi connectivity index (χ1v) is 12.8. The normalized spacial score (nSPS) is 11.2. The van der Waals surface area contributed by atoms with Crippen molar-refractivity contribution in [2.24, 2.45) is 0 Å². The smallest absolute Gasteiger partial charge is 0.294 e. The van der Waals surface area contributed by atoms with Gasteiger partial charge < -0.3 is 23.4 Å². The molecule has 0 N–H and O–H groups in total. The molecule has 8 nitrogen and oxygen atoms in total. The van der Waals surface area contributed by atoms with Crippen LogP contribution in [0.2, 0.25) is 0 Å². The molecule has 3 aromatic heterocycles. The summed E-state index contributed by atoms with van der Waals surface area (Å²) in [5, 5.41) is 5.71. The number of rotatable bonds is 9. The highest BCUT2D eigenvalue weighted by atomic mass is 32.1. The summed E-state index contributed by atoms with van der Waals surface area (Å²) in [6.45, 7) is 2.94. The number of nitrogens with zero attached hydrogens (tertiary/aromatic N) is 3. The van der Waals surface area contributed by atoms with Crippen LogP contribution in [0.5, 0.6) is 22.4 Å². The second-order valence-electron chi connectivity index (χ2n) is 8.78. The lowest BCUT2D eigenvalue weighted by Crippen LogP contribution is -1.99. The van der Waals surface area contributed by atoms with Crippen molar-refractivity contribution in [2.75, 3.05) is 14.2 Å². The zero-order valence-electron chi connectivity index (χ0n) is 21.1. The van der Waals surface area contributed by atoms with E-state index in [1.165, 1.54) is 16.9 Å². The Morgan fingerprint density at radius 3 is 2.50 bits per heavy atom. The monoisotopic (exact) mass is 527 g/mol. The molecule has 6 aromatic rings. The average molecular weight is 528 g/mol. The summed E-state index contributed by atoms with van der Waals surface area (Å²) in [6, 6.07) is 21.9. The van der Waals surface area contributed by atoms with Gasteiger partial charge in [-0.25, -0.2) is 9.50 Å². The van der Waals surface area contributed by atoms with Crippen molar-refractivity contribution < 1.29 is 23.4 Å². The number of hydrogen-bond acceptors (Lipinski definition) is 8. The Kier molecular flexibility index (Phi) is 6.35. The third-order valence-corrected chi connectivity index (χ3v) is 6.96. The highest BCUT2D eigenvalue weighted by Crippen LogP contribution is 2.37. The Balaban J connectivity index is 1.21. The van der Waals surface area contributed by atoms with Gasteiger partial charge in [0, 0.05) is 12.1 Å². The standard InChI is InChI=1S/C29H25N3O5S/c1-18-7-9-19(10-8-18)16-35-21-6-4-5-20(11-21)17-36-25-12-22(33-2)13-26-23(25)14-27(37-26)24-15-32-28(30-24)38-29(31-32)34-3/h4-15H,16-17H2,1-3H3. The third-order valence-electron chi connectivity index (χ3n) is 6.08. The maximum absolute atomic E-state index is 6.25. The van der Waals surface area contributed by atoms with Crippen LogP contribution in [0.25, 0.3) is 27.4 Å². The number of benzene rings is 3. The van der Waals surface area contributed by atoms with E-state index in [-0.39, 0.29) is 0 Å². The summed E-state index contributed by atoms with van der Waals surface area (Å²) >= 11 is 1.36. The quantitative estimate of drug-likeness (QED) is 0.207. The first kappa shape index (κ1) is 23.9. The first-order chi connectivity index (χ1) is 18.6. The van der Waals surface area contributed by atoms with Crippen LogP contribution in [0.15, 0.2) is 77.3 Å². The van der Waals surface area contributed by atoms with Crippen molar-refractivity contribution in [1.29, 1.82) is 0 Å². The Morgan fingerprint density at radius 1 is 0.868 bits per heavy atom. The lowest BCUT2D eigenvalue weighted by Gasteiger charge is -2.11. The molecule has 0 atom stereocenters. The Morgan fingerprint density at radius 2 is 1.71 bits per heavy atom. The topological polar surface area (TPSA) is 80.2 Å². The molecule has 3 heterocycles. The fourth-order valence-corrected chi connectivity index (χ4v) is 4.77. The van der Waals surface area contributed by atoms with E-state index in [2.05, 4.69) is 41.3 Å². The van der Waals surface area contributed by atoms with Crippen LogP contribution in [0, 0.1) is 6.92 Å². The van der Waals surface area contributed by atoms with Gasteiger partial charge in [-0.15, -0.1) is 5.10 Å². The molecule has 0 unspecified atom stereocenters. The number of aryl methyl sites for hydroxylation is 1. The van der Waals surface area contributed by atoms with E-state index in [9.17, 15) is 0 Å². The minimum atomic E-state index is 0.356. The minimum Gasteiger partial charge on any atom is -0.496 e. The summed E-state index contributed by atoms with van der Waals surface area (Å²) in [7, 11) is 3.20. The highest BCUT2D eigenvalue weighted by molar-refractivity contribution is 7.18. The SMILES string of the molecule is COc1cc(OCc2cccc(OCc3ccc(C)cc3)c2)c2cc(-c3cn4nc(OC)sc4n3)oc2c1. The Labute approximate surface area is 223 Å². The van der Waals surface area contributed by atoms with Gasteiger partial charge in [-0.1, -0.05) is 42.0 Å². The maximum Gasteiger partial charge on any atom is 0.294 e. The van der Waals surface area contributed by atoms with Gasteiger partial charge in [0.15, 0.2) is 5.76 Å². The number of imidazole rings is 1. The molecule has 0 aliphatic rings. The molecule has 0 saturated carbocycles. The van der Waals surface area contributed by atoms with Crippen molar-refractivity contribution in [3.8, 4) is 33.9 Å². The van der Waals surface area contributed by atoms with Crippen LogP contribution < -0.4 is 18.9 Å². The van der Waals surface area contributed by atoms with Crippen molar-refractivity contribution in [2.45, 2.75) is 20.1 Å². The Hall–Kier alpha value is -4.50. The number of fused-ring (bicyclic) bond motifs is 2. The number of methoxy groups -OCH3 is 2. The van der Waals surface area contributed by atoms with E-state index < -0.39 is 0 Å². The van der Waals surface area contributed by atoms with Crippen LogP contribution in [0.3, 0.4) is 0 Å².